The van der Waals surface area contributed by atoms with Gasteiger partial charge in [-0.1, -0.05) is 13.8 Å². The van der Waals surface area contributed by atoms with Crippen molar-refractivity contribution in [2.24, 2.45) is 11.7 Å². The second kappa shape index (κ2) is 10.1. The van der Waals surface area contributed by atoms with Crippen molar-refractivity contribution < 1.29 is 9.59 Å². The Morgan fingerprint density at radius 1 is 1.35 bits per heavy atom. The lowest BCUT2D eigenvalue weighted by Crippen LogP contribution is -2.47. The second-order valence-corrected chi connectivity index (χ2v) is 6.65. The SMILES string of the molecule is CC(C)[C@H](N)C(=O)NCC(=O)NCc1nc(C2CC2)cs1.Cl.Cl. The molecule has 23 heavy (non-hydrogen) atoms. The monoisotopic (exact) mass is 382 g/mol. The van der Waals surface area contributed by atoms with Crippen LogP contribution in [0.3, 0.4) is 0 Å². The predicted molar refractivity (Wildman–Crippen MR) is 96.3 cm³/mol. The van der Waals surface area contributed by atoms with E-state index in [1.54, 1.807) is 11.3 Å². The summed E-state index contributed by atoms with van der Waals surface area (Å²) in [6, 6.07) is -0.585. The zero-order valence-electron chi connectivity index (χ0n) is 13.2. The van der Waals surface area contributed by atoms with E-state index < -0.39 is 6.04 Å². The normalized spacial score (nSPS) is 14.4. The van der Waals surface area contributed by atoms with Crippen molar-refractivity contribution in [1.29, 1.82) is 0 Å². The third-order valence-electron chi connectivity index (χ3n) is 3.45. The van der Waals surface area contributed by atoms with Crippen molar-refractivity contribution in [2.45, 2.75) is 45.2 Å². The molecule has 1 aromatic heterocycles. The highest BCUT2D eigenvalue weighted by molar-refractivity contribution is 7.09. The van der Waals surface area contributed by atoms with Gasteiger partial charge in [-0.25, -0.2) is 4.98 Å². The van der Waals surface area contributed by atoms with E-state index in [1.165, 1.54) is 12.8 Å². The highest BCUT2D eigenvalue weighted by Gasteiger charge is 2.26. The smallest absolute Gasteiger partial charge is 0.239 e. The molecule has 1 fully saturated rings. The molecule has 132 valence electrons. The number of thiazole rings is 1. The van der Waals surface area contributed by atoms with Crippen molar-refractivity contribution in [3.05, 3.63) is 16.1 Å². The van der Waals surface area contributed by atoms with Crippen molar-refractivity contribution in [1.82, 2.24) is 15.6 Å². The maximum Gasteiger partial charge on any atom is 0.239 e. The van der Waals surface area contributed by atoms with E-state index in [1.807, 2.05) is 13.8 Å². The number of aromatic nitrogens is 1. The molecule has 4 N–H and O–H groups in total. The number of hydrogen-bond acceptors (Lipinski definition) is 5. The fourth-order valence-corrected chi connectivity index (χ4v) is 2.61. The lowest BCUT2D eigenvalue weighted by atomic mass is 10.1. The molecule has 0 spiro atoms. The fourth-order valence-electron chi connectivity index (χ4n) is 1.80. The van der Waals surface area contributed by atoms with Gasteiger partial charge in [-0.3, -0.25) is 9.59 Å². The van der Waals surface area contributed by atoms with Crippen LogP contribution in [0.4, 0.5) is 0 Å². The first-order chi connectivity index (χ1) is 9.97. The minimum absolute atomic E-state index is 0. The maximum atomic E-state index is 11.7. The molecule has 2 rings (SSSR count). The van der Waals surface area contributed by atoms with Gasteiger partial charge in [0, 0.05) is 11.3 Å². The van der Waals surface area contributed by atoms with Crippen LogP contribution in [0.15, 0.2) is 5.38 Å². The number of nitrogens with one attached hydrogen (secondary N) is 2. The van der Waals surface area contributed by atoms with Gasteiger partial charge in [0.05, 0.1) is 24.8 Å². The molecule has 0 aliphatic heterocycles. The maximum absolute atomic E-state index is 11.7. The molecule has 6 nitrogen and oxygen atoms in total. The van der Waals surface area contributed by atoms with Crippen molar-refractivity contribution in [3.63, 3.8) is 0 Å². The van der Waals surface area contributed by atoms with Gasteiger partial charge in [0.2, 0.25) is 11.8 Å². The molecule has 0 radical (unpaired) electrons. The van der Waals surface area contributed by atoms with Crippen LogP contribution in [0.2, 0.25) is 0 Å². The standard InChI is InChI=1S/C14H22N4O2S.2ClH/c1-8(2)13(15)14(20)17-5-11(19)16-6-12-18-10(7-21-12)9-3-4-9;;/h7-9,13H,3-6,15H2,1-2H3,(H,16,19)(H,17,20);2*1H/t13-;;/m0../s1. The summed E-state index contributed by atoms with van der Waals surface area (Å²) in [7, 11) is 0. The third-order valence-corrected chi connectivity index (χ3v) is 4.31. The van der Waals surface area contributed by atoms with Crippen LogP contribution in [0, 0.1) is 5.92 Å². The van der Waals surface area contributed by atoms with Crippen LogP contribution in [0.1, 0.15) is 43.3 Å². The highest BCUT2D eigenvalue weighted by atomic mass is 35.5. The molecule has 1 heterocycles. The number of carbonyl (C=O) groups is 2. The average Bonchev–Trinajstić information content (AvgIpc) is 3.20. The van der Waals surface area contributed by atoms with Crippen LogP contribution < -0.4 is 16.4 Å². The van der Waals surface area contributed by atoms with Crippen LogP contribution in [0.25, 0.3) is 0 Å². The van der Waals surface area contributed by atoms with Gasteiger partial charge >= 0.3 is 0 Å². The first-order valence-corrected chi connectivity index (χ1v) is 8.09. The Hall–Kier alpha value is -0.890. The molecule has 0 unspecified atom stereocenters. The first kappa shape index (κ1) is 22.1. The second-order valence-electron chi connectivity index (χ2n) is 5.70. The Morgan fingerprint density at radius 3 is 2.57 bits per heavy atom. The summed E-state index contributed by atoms with van der Waals surface area (Å²) in [6.45, 7) is 4.08. The topological polar surface area (TPSA) is 97.1 Å². The Labute approximate surface area is 152 Å². The summed E-state index contributed by atoms with van der Waals surface area (Å²) < 4.78 is 0. The number of nitrogens with zero attached hydrogens (tertiary/aromatic N) is 1. The molecule has 0 aromatic carbocycles. The minimum Gasteiger partial charge on any atom is -0.348 e. The van der Waals surface area contributed by atoms with Gasteiger partial charge in [0.25, 0.3) is 0 Å². The number of hydrogen-bond donors (Lipinski definition) is 3. The largest absolute Gasteiger partial charge is 0.348 e. The van der Waals surface area contributed by atoms with Gasteiger partial charge in [-0.15, -0.1) is 36.2 Å². The van der Waals surface area contributed by atoms with Gasteiger partial charge < -0.3 is 16.4 Å². The summed E-state index contributed by atoms with van der Waals surface area (Å²) in [5.74, 6) is 0.139. The van der Waals surface area contributed by atoms with Crippen molar-refractivity contribution in [2.75, 3.05) is 6.54 Å². The van der Waals surface area contributed by atoms with Crippen molar-refractivity contribution >= 4 is 48.0 Å². The number of nitrogens with two attached hydrogens (primary N) is 1. The zero-order valence-corrected chi connectivity index (χ0v) is 15.7. The Kier molecular flexibility index (Phi) is 9.68. The Balaban J connectivity index is 0.00000242. The molecule has 0 bridgehead atoms. The van der Waals surface area contributed by atoms with Crippen LogP contribution >= 0.6 is 36.2 Å². The molecule has 2 amide bonds. The van der Waals surface area contributed by atoms with Gasteiger partial charge in [0.15, 0.2) is 0 Å². The molecule has 1 saturated carbocycles. The molecular weight excluding hydrogens is 359 g/mol. The van der Waals surface area contributed by atoms with Crippen LogP contribution in [-0.2, 0) is 16.1 Å². The van der Waals surface area contributed by atoms with Gasteiger partial charge in [0.1, 0.15) is 5.01 Å². The molecule has 1 aromatic rings. The lowest BCUT2D eigenvalue weighted by Gasteiger charge is -2.14. The molecular formula is C14H24Cl2N4O2S. The number of carbonyl (C=O) groups excluding carboxylic acids is 2. The van der Waals surface area contributed by atoms with Gasteiger partial charge in [-0.05, 0) is 18.8 Å². The fraction of sp³-hybridized carbons (Fsp3) is 0.643. The van der Waals surface area contributed by atoms with E-state index in [0.717, 1.165) is 10.7 Å². The summed E-state index contributed by atoms with van der Waals surface area (Å²) in [4.78, 5) is 27.8. The molecule has 1 aliphatic carbocycles. The number of amides is 2. The molecule has 1 atom stereocenters. The minimum atomic E-state index is -0.585. The quantitative estimate of drug-likeness (QED) is 0.666. The van der Waals surface area contributed by atoms with E-state index in [0.29, 0.717) is 12.5 Å². The number of halogens is 2. The summed E-state index contributed by atoms with van der Waals surface area (Å²) in [6.07, 6.45) is 2.44. The molecule has 1 aliphatic rings. The first-order valence-electron chi connectivity index (χ1n) is 7.21. The average molecular weight is 383 g/mol. The van der Waals surface area contributed by atoms with E-state index in [2.05, 4.69) is 21.0 Å². The van der Waals surface area contributed by atoms with Crippen LogP contribution in [0.5, 0.6) is 0 Å². The van der Waals surface area contributed by atoms with Crippen molar-refractivity contribution in [3.8, 4) is 0 Å². The summed E-state index contributed by atoms with van der Waals surface area (Å²) >= 11 is 1.56. The summed E-state index contributed by atoms with van der Waals surface area (Å²) in [5.41, 5.74) is 6.84. The van der Waals surface area contributed by atoms with Gasteiger partial charge in [-0.2, -0.15) is 0 Å². The third kappa shape index (κ3) is 7.03. The molecule has 9 heteroatoms. The summed E-state index contributed by atoms with van der Waals surface area (Å²) in [5, 5.41) is 8.25. The Morgan fingerprint density at radius 2 is 2.00 bits per heavy atom. The van der Waals surface area contributed by atoms with E-state index >= 15 is 0 Å². The lowest BCUT2D eigenvalue weighted by molar-refractivity contribution is -0.127. The number of rotatable bonds is 7. The predicted octanol–water partition coefficient (Wildman–Crippen LogP) is 1.58. The molecule has 0 saturated heterocycles. The van der Waals surface area contributed by atoms with E-state index in [9.17, 15) is 9.59 Å². The van der Waals surface area contributed by atoms with E-state index in [-0.39, 0.29) is 49.1 Å². The Bertz CT molecular complexity index is 521. The van der Waals surface area contributed by atoms with E-state index in [4.69, 9.17) is 5.73 Å². The highest BCUT2D eigenvalue weighted by Crippen LogP contribution is 2.40. The zero-order chi connectivity index (χ0) is 15.4. The van der Waals surface area contributed by atoms with Crippen LogP contribution in [-0.4, -0.2) is 29.4 Å².